The summed E-state index contributed by atoms with van der Waals surface area (Å²) in [5.74, 6) is -0.0783. The summed E-state index contributed by atoms with van der Waals surface area (Å²) in [6.07, 6.45) is 0. The van der Waals surface area contributed by atoms with Crippen LogP contribution in [0.1, 0.15) is 21.6 Å². The highest BCUT2D eigenvalue weighted by Gasteiger charge is 2.07. The van der Waals surface area contributed by atoms with Gasteiger partial charge in [0.2, 0.25) is 0 Å². The highest BCUT2D eigenvalue weighted by atomic mass is 32.1. The molecule has 4 heteroatoms. The van der Waals surface area contributed by atoms with E-state index in [0.717, 1.165) is 16.3 Å². The lowest BCUT2D eigenvalue weighted by Gasteiger charge is -2.02. The van der Waals surface area contributed by atoms with Crippen LogP contribution in [-0.4, -0.2) is 10.9 Å². The van der Waals surface area contributed by atoms with Crippen molar-refractivity contribution in [2.24, 2.45) is 0 Å². The molecule has 1 heterocycles. The molecule has 1 amide bonds. The van der Waals surface area contributed by atoms with Crippen molar-refractivity contribution in [1.82, 2.24) is 10.3 Å². The number of nitrogens with zero attached hydrogens (tertiary/aromatic N) is 1. The van der Waals surface area contributed by atoms with Crippen LogP contribution in [0.3, 0.4) is 0 Å². The van der Waals surface area contributed by atoms with Gasteiger partial charge < -0.3 is 5.32 Å². The molecule has 3 rings (SSSR count). The fraction of sp³-hybridized carbons (Fsp3) is 0.111. The summed E-state index contributed by atoms with van der Waals surface area (Å²) < 4.78 is 0. The summed E-state index contributed by atoms with van der Waals surface area (Å²) in [6, 6.07) is 17.5. The van der Waals surface area contributed by atoms with Gasteiger partial charge >= 0.3 is 0 Å². The minimum absolute atomic E-state index is 0.0783. The van der Waals surface area contributed by atoms with Crippen molar-refractivity contribution in [3.63, 3.8) is 0 Å². The molecule has 0 saturated heterocycles. The largest absolute Gasteiger partial charge is 0.346 e. The molecule has 2 aromatic carbocycles. The fourth-order valence-electron chi connectivity index (χ4n) is 2.08. The number of thiazole rings is 1. The quantitative estimate of drug-likeness (QED) is 0.790. The minimum Gasteiger partial charge on any atom is -0.346 e. The molecule has 3 nitrogen and oxygen atoms in total. The predicted molar refractivity (Wildman–Crippen MR) is 89.9 cm³/mol. The number of hydrogen-bond donors (Lipinski definition) is 1. The van der Waals surface area contributed by atoms with Gasteiger partial charge in [-0.2, -0.15) is 0 Å². The number of aromatic nitrogens is 1. The summed E-state index contributed by atoms with van der Waals surface area (Å²) in [5, 5.41) is 5.86. The highest BCUT2D eigenvalue weighted by Crippen LogP contribution is 2.23. The first-order valence-electron chi connectivity index (χ1n) is 7.07. The number of carbonyl (C=O) groups is 1. The van der Waals surface area contributed by atoms with Gasteiger partial charge in [-0.1, -0.05) is 48.0 Å². The predicted octanol–water partition coefficient (Wildman–Crippen LogP) is 4.05. The lowest BCUT2D eigenvalue weighted by Crippen LogP contribution is -2.22. The standard InChI is InChI=1S/C18H16N2OS/c1-13-7-9-15(10-8-13)18-20-16(12-22-18)11-19-17(21)14-5-3-2-4-6-14/h2-10,12H,11H2,1H3,(H,19,21). The summed E-state index contributed by atoms with van der Waals surface area (Å²) in [5.41, 5.74) is 3.88. The number of carbonyl (C=O) groups excluding carboxylic acids is 1. The van der Waals surface area contributed by atoms with E-state index in [0.29, 0.717) is 12.1 Å². The maximum atomic E-state index is 12.0. The Morgan fingerprint density at radius 2 is 1.82 bits per heavy atom. The summed E-state index contributed by atoms with van der Waals surface area (Å²) >= 11 is 1.59. The first-order chi connectivity index (χ1) is 10.7. The molecule has 0 aliphatic carbocycles. The molecule has 0 fully saturated rings. The Labute approximate surface area is 133 Å². The van der Waals surface area contributed by atoms with E-state index >= 15 is 0 Å². The minimum atomic E-state index is -0.0783. The van der Waals surface area contributed by atoms with Gasteiger partial charge in [0.1, 0.15) is 5.01 Å². The SMILES string of the molecule is Cc1ccc(-c2nc(CNC(=O)c3ccccc3)cs2)cc1. The van der Waals surface area contributed by atoms with Gasteiger partial charge in [0.05, 0.1) is 12.2 Å². The van der Waals surface area contributed by atoms with Crippen LogP contribution < -0.4 is 5.32 Å². The third kappa shape index (κ3) is 3.40. The summed E-state index contributed by atoms with van der Waals surface area (Å²) in [4.78, 5) is 16.6. The molecule has 0 unspecified atom stereocenters. The van der Waals surface area contributed by atoms with Crippen LogP contribution in [-0.2, 0) is 6.54 Å². The molecular formula is C18H16N2OS. The zero-order chi connectivity index (χ0) is 15.4. The van der Waals surface area contributed by atoms with Crippen molar-refractivity contribution in [3.8, 4) is 10.6 Å². The van der Waals surface area contributed by atoms with E-state index < -0.39 is 0 Å². The van der Waals surface area contributed by atoms with E-state index in [1.54, 1.807) is 23.5 Å². The van der Waals surface area contributed by atoms with E-state index in [2.05, 4.69) is 41.5 Å². The third-order valence-electron chi connectivity index (χ3n) is 3.32. The van der Waals surface area contributed by atoms with Gasteiger partial charge in [-0.25, -0.2) is 4.98 Å². The van der Waals surface area contributed by atoms with E-state index in [-0.39, 0.29) is 5.91 Å². The number of benzene rings is 2. The first-order valence-corrected chi connectivity index (χ1v) is 7.95. The van der Waals surface area contributed by atoms with Crippen LogP contribution in [0.15, 0.2) is 60.0 Å². The molecular weight excluding hydrogens is 292 g/mol. The van der Waals surface area contributed by atoms with Crippen molar-refractivity contribution >= 4 is 17.2 Å². The number of amides is 1. The van der Waals surface area contributed by atoms with Crippen LogP contribution in [0.2, 0.25) is 0 Å². The van der Waals surface area contributed by atoms with Gasteiger partial charge in [-0.05, 0) is 19.1 Å². The summed E-state index contributed by atoms with van der Waals surface area (Å²) in [6.45, 7) is 2.51. The summed E-state index contributed by atoms with van der Waals surface area (Å²) in [7, 11) is 0. The van der Waals surface area contributed by atoms with Gasteiger partial charge in [0, 0.05) is 16.5 Å². The Hall–Kier alpha value is -2.46. The molecule has 22 heavy (non-hydrogen) atoms. The average Bonchev–Trinajstić information content (AvgIpc) is 3.03. The average molecular weight is 308 g/mol. The van der Waals surface area contributed by atoms with Gasteiger partial charge in [0.15, 0.2) is 0 Å². The second-order valence-electron chi connectivity index (χ2n) is 5.06. The number of hydrogen-bond acceptors (Lipinski definition) is 3. The Kier molecular flexibility index (Phi) is 4.30. The van der Waals surface area contributed by atoms with Crippen LogP contribution >= 0.6 is 11.3 Å². The van der Waals surface area contributed by atoms with Crippen molar-refractivity contribution in [2.75, 3.05) is 0 Å². The van der Waals surface area contributed by atoms with Crippen molar-refractivity contribution < 1.29 is 4.79 Å². The lowest BCUT2D eigenvalue weighted by molar-refractivity contribution is 0.0950. The zero-order valence-electron chi connectivity index (χ0n) is 12.2. The van der Waals surface area contributed by atoms with Crippen LogP contribution in [0, 0.1) is 6.92 Å². The third-order valence-corrected chi connectivity index (χ3v) is 4.26. The molecule has 3 aromatic rings. The van der Waals surface area contributed by atoms with Gasteiger partial charge in [0.25, 0.3) is 5.91 Å². The lowest BCUT2D eigenvalue weighted by atomic mass is 10.2. The molecule has 0 bridgehead atoms. The highest BCUT2D eigenvalue weighted by molar-refractivity contribution is 7.13. The molecule has 110 valence electrons. The number of rotatable bonds is 4. The molecule has 0 aliphatic heterocycles. The number of nitrogens with one attached hydrogen (secondary N) is 1. The van der Waals surface area contributed by atoms with E-state index in [9.17, 15) is 4.79 Å². The van der Waals surface area contributed by atoms with E-state index in [1.807, 2.05) is 23.6 Å². The molecule has 0 saturated carbocycles. The molecule has 0 aliphatic rings. The maximum Gasteiger partial charge on any atom is 0.251 e. The second kappa shape index (κ2) is 6.54. The normalized spacial score (nSPS) is 10.4. The van der Waals surface area contributed by atoms with Crippen LogP contribution in [0.5, 0.6) is 0 Å². The fourth-order valence-corrected chi connectivity index (χ4v) is 2.91. The smallest absolute Gasteiger partial charge is 0.251 e. The van der Waals surface area contributed by atoms with Crippen molar-refractivity contribution in [2.45, 2.75) is 13.5 Å². The van der Waals surface area contributed by atoms with Crippen LogP contribution in [0.4, 0.5) is 0 Å². The maximum absolute atomic E-state index is 12.0. The Balaban J connectivity index is 1.65. The molecule has 1 N–H and O–H groups in total. The van der Waals surface area contributed by atoms with E-state index in [4.69, 9.17) is 0 Å². The van der Waals surface area contributed by atoms with E-state index in [1.165, 1.54) is 5.56 Å². The Bertz CT molecular complexity index is 763. The monoisotopic (exact) mass is 308 g/mol. The Morgan fingerprint density at radius 1 is 1.09 bits per heavy atom. The first kappa shape index (κ1) is 14.5. The second-order valence-corrected chi connectivity index (χ2v) is 5.92. The van der Waals surface area contributed by atoms with Crippen LogP contribution in [0.25, 0.3) is 10.6 Å². The topological polar surface area (TPSA) is 42.0 Å². The van der Waals surface area contributed by atoms with Gasteiger partial charge in [-0.15, -0.1) is 11.3 Å². The van der Waals surface area contributed by atoms with Crippen molar-refractivity contribution in [3.05, 3.63) is 76.8 Å². The molecule has 0 spiro atoms. The zero-order valence-corrected chi connectivity index (χ0v) is 13.1. The molecule has 1 aromatic heterocycles. The molecule has 0 atom stereocenters. The van der Waals surface area contributed by atoms with Gasteiger partial charge in [-0.3, -0.25) is 4.79 Å². The van der Waals surface area contributed by atoms with Crippen molar-refractivity contribution in [1.29, 1.82) is 0 Å². The Morgan fingerprint density at radius 3 is 2.55 bits per heavy atom. The molecule has 0 radical (unpaired) electrons. The number of aryl methyl sites for hydroxylation is 1.